The van der Waals surface area contributed by atoms with Crippen LogP contribution in [0.4, 0.5) is 4.39 Å². The molecule has 1 aromatic rings. The summed E-state index contributed by atoms with van der Waals surface area (Å²) < 4.78 is 12.8. The Morgan fingerprint density at radius 2 is 2.15 bits per heavy atom. The van der Waals surface area contributed by atoms with E-state index < -0.39 is 5.82 Å². The first-order valence-electron chi connectivity index (χ1n) is 3.59. The van der Waals surface area contributed by atoms with Crippen LogP contribution in [0.1, 0.15) is 11.1 Å². The van der Waals surface area contributed by atoms with Crippen LogP contribution in [0.2, 0.25) is 0 Å². The van der Waals surface area contributed by atoms with Gasteiger partial charge in [0.05, 0.1) is 11.6 Å². The second-order valence-corrected chi connectivity index (χ2v) is 2.38. The molecule has 3 heteroatoms. The molecule has 0 fully saturated rings. The smallest absolute Gasteiger partial charge is 0.142 e. The van der Waals surface area contributed by atoms with E-state index in [1.54, 1.807) is 0 Å². The Balaban J connectivity index is 3.10. The molecule has 13 heavy (non-hydrogen) atoms. The second-order valence-electron chi connectivity index (χ2n) is 2.38. The van der Waals surface area contributed by atoms with Crippen molar-refractivity contribution < 1.29 is 9.18 Å². The van der Waals surface area contributed by atoms with E-state index in [0.717, 1.165) is 6.07 Å². The van der Waals surface area contributed by atoms with E-state index in [-0.39, 0.29) is 5.56 Å². The Morgan fingerprint density at radius 3 is 2.77 bits per heavy atom. The number of carbonyl (C=O) groups excluding carboxylic acids is 1. The predicted octanol–water partition coefficient (Wildman–Crippen LogP) is 1.91. The summed E-state index contributed by atoms with van der Waals surface area (Å²) in [6.07, 6.45) is 3.28. The lowest BCUT2D eigenvalue weighted by atomic mass is 10.1. The molecule has 1 rings (SSSR count). The second kappa shape index (κ2) is 4.17. The summed E-state index contributed by atoms with van der Waals surface area (Å²) >= 11 is 0. The monoisotopic (exact) mass is 175 g/mol. The van der Waals surface area contributed by atoms with Gasteiger partial charge in [-0.1, -0.05) is 6.08 Å². The summed E-state index contributed by atoms with van der Waals surface area (Å²) in [5.41, 5.74) is 0.745. The maximum absolute atomic E-state index is 12.8. The molecule has 0 spiro atoms. The lowest BCUT2D eigenvalue weighted by molar-refractivity contribution is -0.104. The average molecular weight is 175 g/mol. The fraction of sp³-hybridized carbons (Fsp3) is 0. The third-order valence-electron chi connectivity index (χ3n) is 1.42. The van der Waals surface area contributed by atoms with Gasteiger partial charge in [-0.2, -0.15) is 5.26 Å². The first-order chi connectivity index (χ1) is 6.26. The molecule has 0 atom stereocenters. The molecule has 0 N–H and O–H groups in total. The largest absolute Gasteiger partial charge is 0.299 e. The highest BCUT2D eigenvalue weighted by Gasteiger charge is 1.96. The molecule has 0 amide bonds. The van der Waals surface area contributed by atoms with E-state index in [1.165, 1.54) is 24.3 Å². The van der Waals surface area contributed by atoms with Crippen LogP contribution in [0.3, 0.4) is 0 Å². The molecule has 0 aromatic heterocycles. The van der Waals surface area contributed by atoms with Gasteiger partial charge in [0.1, 0.15) is 12.1 Å². The molecule has 0 radical (unpaired) electrons. The molecular weight excluding hydrogens is 169 g/mol. The van der Waals surface area contributed by atoms with E-state index in [1.807, 2.05) is 6.07 Å². The van der Waals surface area contributed by atoms with E-state index in [0.29, 0.717) is 11.8 Å². The van der Waals surface area contributed by atoms with E-state index in [9.17, 15) is 9.18 Å². The van der Waals surface area contributed by atoms with Crippen molar-refractivity contribution in [1.29, 1.82) is 5.26 Å². The van der Waals surface area contributed by atoms with E-state index in [2.05, 4.69) is 0 Å². The van der Waals surface area contributed by atoms with Gasteiger partial charge in [-0.25, -0.2) is 4.39 Å². The molecule has 0 saturated heterocycles. The SMILES string of the molecule is N#Cc1cc(F)cc(/C=C/C=O)c1. The van der Waals surface area contributed by atoms with Crippen molar-refractivity contribution in [3.8, 4) is 6.07 Å². The number of allylic oxidation sites excluding steroid dienone is 1. The van der Waals surface area contributed by atoms with Gasteiger partial charge in [0.2, 0.25) is 0 Å². The van der Waals surface area contributed by atoms with E-state index in [4.69, 9.17) is 5.26 Å². The summed E-state index contributed by atoms with van der Waals surface area (Å²) in [6, 6.07) is 5.71. The molecule has 0 heterocycles. The first-order valence-corrected chi connectivity index (χ1v) is 3.59. The molecule has 64 valence electrons. The van der Waals surface area contributed by atoms with Crippen molar-refractivity contribution in [3.05, 3.63) is 41.2 Å². The molecule has 1 aromatic carbocycles. The Kier molecular flexibility index (Phi) is 2.93. The van der Waals surface area contributed by atoms with Gasteiger partial charge in [0.15, 0.2) is 0 Å². The fourth-order valence-electron chi connectivity index (χ4n) is 0.924. The summed E-state index contributed by atoms with van der Waals surface area (Å²) in [6.45, 7) is 0. The zero-order valence-corrected chi connectivity index (χ0v) is 6.70. The number of hydrogen-bond donors (Lipinski definition) is 0. The fourth-order valence-corrected chi connectivity index (χ4v) is 0.924. The van der Waals surface area contributed by atoms with Crippen LogP contribution < -0.4 is 0 Å². The quantitative estimate of drug-likeness (QED) is 0.508. The summed E-state index contributed by atoms with van der Waals surface area (Å²) in [7, 11) is 0. The van der Waals surface area contributed by atoms with Crippen LogP contribution >= 0.6 is 0 Å². The van der Waals surface area contributed by atoms with Gasteiger partial charge in [-0.15, -0.1) is 0 Å². The number of hydrogen-bond acceptors (Lipinski definition) is 2. The van der Waals surface area contributed by atoms with Crippen molar-refractivity contribution >= 4 is 12.4 Å². The Bertz CT molecular complexity index is 390. The van der Waals surface area contributed by atoms with Gasteiger partial charge in [0.25, 0.3) is 0 Å². The number of benzene rings is 1. The van der Waals surface area contributed by atoms with Crippen LogP contribution in [0.25, 0.3) is 6.08 Å². The molecule has 0 unspecified atom stereocenters. The normalized spacial score (nSPS) is 9.85. The van der Waals surface area contributed by atoms with Gasteiger partial charge < -0.3 is 0 Å². The summed E-state index contributed by atoms with van der Waals surface area (Å²) in [4.78, 5) is 9.97. The van der Waals surface area contributed by atoms with Gasteiger partial charge in [0, 0.05) is 0 Å². The lowest BCUT2D eigenvalue weighted by Crippen LogP contribution is -1.81. The minimum absolute atomic E-state index is 0.241. The molecule has 0 aliphatic carbocycles. The summed E-state index contributed by atoms with van der Waals surface area (Å²) in [5, 5.41) is 8.50. The molecule has 0 bridgehead atoms. The van der Waals surface area contributed by atoms with Crippen molar-refractivity contribution in [2.24, 2.45) is 0 Å². The van der Waals surface area contributed by atoms with E-state index >= 15 is 0 Å². The van der Waals surface area contributed by atoms with Crippen LogP contribution in [0.15, 0.2) is 24.3 Å². The lowest BCUT2D eigenvalue weighted by Gasteiger charge is -1.94. The number of halogens is 1. The maximum atomic E-state index is 12.8. The van der Waals surface area contributed by atoms with Crippen LogP contribution in [-0.2, 0) is 4.79 Å². The van der Waals surface area contributed by atoms with Gasteiger partial charge in [-0.05, 0) is 29.8 Å². The van der Waals surface area contributed by atoms with Crippen molar-refractivity contribution in [2.75, 3.05) is 0 Å². The average Bonchev–Trinajstić information content (AvgIpc) is 2.14. The number of aldehydes is 1. The number of rotatable bonds is 2. The van der Waals surface area contributed by atoms with Crippen molar-refractivity contribution in [3.63, 3.8) is 0 Å². The standard InChI is InChI=1S/C10H6FNO/c11-10-5-8(2-1-3-13)4-9(6-10)7-12/h1-6H/b2-1+. The highest BCUT2D eigenvalue weighted by Crippen LogP contribution is 2.09. The van der Waals surface area contributed by atoms with Gasteiger partial charge >= 0.3 is 0 Å². The molecule has 2 nitrogen and oxygen atoms in total. The van der Waals surface area contributed by atoms with Gasteiger partial charge in [-0.3, -0.25) is 4.79 Å². The Labute approximate surface area is 74.9 Å². The zero-order valence-electron chi connectivity index (χ0n) is 6.70. The topological polar surface area (TPSA) is 40.9 Å². The number of nitrogens with zero attached hydrogens (tertiary/aromatic N) is 1. The molecule has 0 aliphatic heterocycles. The van der Waals surface area contributed by atoms with Crippen molar-refractivity contribution in [1.82, 2.24) is 0 Å². The third-order valence-corrected chi connectivity index (χ3v) is 1.42. The minimum atomic E-state index is -0.482. The van der Waals surface area contributed by atoms with Crippen LogP contribution in [0.5, 0.6) is 0 Å². The third kappa shape index (κ3) is 2.53. The number of nitriles is 1. The Morgan fingerprint density at radius 1 is 1.38 bits per heavy atom. The number of carbonyl (C=O) groups is 1. The zero-order chi connectivity index (χ0) is 9.68. The highest BCUT2D eigenvalue weighted by atomic mass is 19.1. The molecular formula is C10H6FNO. The Hall–Kier alpha value is -1.95. The minimum Gasteiger partial charge on any atom is -0.299 e. The predicted molar refractivity (Wildman–Crippen MR) is 46.2 cm³/mol. The molecule has 0 saturated carbocycles. The first kappa shape index (κ1) is 9.14. The van der Waals surface area contributed by atoms with Crippen LogP contribution in [-0.4, -0.2) is 6.29 Å². The maximum Gasteiger partial charge on any atom is 0.142 e. The van der Waals surface area contributed by atoms with Crippen LogP contribution in [0, 0.1) is 17.1 Å². The highest BCUT2D eigenvalue weighted by molar-refractivity contribution is 5.74. The summed E-state index contributed by atoms with van der Waals surface area (Å²) in [5.74, 6) is -0.482. The van der Waals surface area contributed by atoms with Crippen molar-refractivity contribution in [2.45, 2.75) is 0 Å². The molecule has 0 aliphatic rings.